The van der Waals surface area contributed by atoms with Crippen LogP contribution in [0.5, 0.6) is 0 Å². The van der Waals surface area contributed by atoms with E-state index in [1.807, 2.05) is 0 Å². The molecule has 3 N–H and O–H groups in total. The van der Waals surface area contributed by atoms with Crippen LogP contribution in [0, 0.1) is 0 Å². The quantitative estimate of drug-likeness (QED) is 0.784. The highest BCUT2D eigenvalue weighted by atomic mass is 35.5. The molecule has 1 heterocycles. The number of amides is 1. The van der Waals surface area contributed by atoms with Crippen LogP contribution in [0.3, 0.4) is 0 Å². The molecule has 1 aliphatic heterocycles. The van der Waals surface area contributed by atoms with E-state index in [-0.39, 0.29) is 28.1 Å². The smallest absolute Gasteiger partial charge is 0.255 e. The summed E-state index contributed by atoms with van der Waals surface area (Å²) < 4.78 is 0. The molecule has 0 aromatic heterocycles. The predicted octanol–water partition coefficient (Wildman–Crippen LogP) is 2.56. The molecule has 0 bridgehead atoms. The fourth-order valence-corrected chi connectivity index (χ4v) is 2.75. The van der Waals surface area contributed by atoms with E-state index in [2.05, 4.69) is 0 Å². The van der Waals surface area contributed by atoms with Crippen molar-refractivity contribution in [1.82, 2.24) is 4.90 Å². The Morgan fingerprint density at radius 3 is 2.79 bits per heavy atom. The molecule has 1 fully saturated rings. The van der Waals surface area contributed by atoms with Crippen LogP contribution in [0.4, 0.5) is 5.69 Å². The molecule has 0 spiro atoms. The maximum atomic E-state index is 12.4. The number of carbonyl (C=O) groups excluding carboxylic acids is 1. The summed E-state index contributed by atoms with van der Waals surface area (Å²) >= 11 is 12.0. The lowest BCUT2D eigenvalue weighted by Gasteiger charge is -2.37. The van der Waals surface area contributed by atoms with Gasteiger partial charge in [0, 0.05) is 18.8 Å². The summed E-state index contributed by atoms with van der Waals surface area (Å²) in [4.78, 5) is 14.0. The van der Waals surface area contributed by atoms with Crippen LogP contribution >= 0.6 is 23.2 Å². The Balaban J connectivity index is 2.29. The molecule has 104 valence electrons. The second-order valence-corrected chi connectivity index (χ2v) is 5.98. The van der Waals surface area contributed by atoms with Gasteiger partial charge in [-0.05, 0) is 31.9 Å². The molecule has 0 saturated carbocycles. The van der Waals surface area contributed by atoms with Crippen LogP contribution in [0.2, 0.25) is 10.0 Å². The second-order valence-electron chi connectivity index (χ2n) is 5.19. The number of hydrogen-bond donors (Lipinski definition) is 2. The first-order valence-electron chi connectivity index (χ1n) is 6.06. The summed E-state index contributed by atoms with van der Waals surface area (Å²) in [5, 5.41) is 10.5. The van der Waals surface area contributed by atoms with Gasteiger partial charge in [0.1, 0.15) is 0 Å². The van der Waals surface area contributed by atoms with Gasteiger partial charge in [-0.3, -0.25) is 4.79 Å². The number of piperidine rings is 1. The number of nitrogen functional groups attached to an aromatic ring is 1. The normalized spacial score (nSPS) is 23.5. The summed E-state index contributed by atoms with van der Waals surface area (Å²) in [7, 11) is 0. The minimum absolute atomic E-state index is 0.200. The molecule has 4 nitrogen and oxygen atoms in total. The van der Waals surface area contributed by atoms with Gasteiger partial charge in [-0.1, -0.05) is 23.2 Å². The van der Waals surface area contributed by atoms with E-state index >= 15 is 0 Å². The standard InChI is InChI=1S/C13H16Cl2N2O2/c1-13(19)3-2-4-17(7-13)12(18)9-5-8(16)6-10(14)11(9)15/h5-6,19H,2-4,7,16H2,1H3. The molecule has 0 radical (unpaired) electrons. The first-order valence-corrected chi connectivity index (χ1v) is 6.82. The molecule has 1 aliphatic rings. The Hall–Kier alpha value is -0.970. The highest BCUT2D eigenvalue weighted by Crippen LogP contribution is 2.31. The van der Waals surface area contributed by atoms with E-state index in [1.165, 1.54) is 12.1 Å². The van der Waals surface area contributed by atoms with Crippen molar-refractivity contribution in [3.8, 4) is 0 Å². The number of nitrogens with two attached hydrogens (primary N) is 1. The van der Waals surface area contributed by atoms with E-state index in [0.717, 1.165) is 6.42 Å². The van der Waals surface area contributed by atoms with E-state index in [1.54, 1.807) is 11.8 Å². The lowest BCUT2D eigenvalue weighted by atomic mass is 9.94. The maximum absolute atomic E-state index is 12.4. The Morgan fingerprint density at radius 1 is 1.47 bits per heavy atom. The van der Waals surface area contributed by atoms with Gasteiger partial charge < -0.3 is 15.7 Å². The van der Waals surface area contributed by atoms with Crippen molar-refractivity contribution < 1.29 is 9.90 Å². The fourth-order valence-electron chi connectivity index (χ4n) is 2.33. The lowest BCUT2D eigenvalue weighted by Crippen LogP contribution is -2.48. The Bertz CT molecular complexity index is 518. The van der Waals surface area contributed by atoms with Crippen molar-refractivity contribution in [2.45, 2.75) is 25.4 Å². The maximum Gasteiger partial charge on any atom is 0.255 e. The zero-order valence-electron chi connectivity index (χ0n) is 10.6. The number of likely N-dealkylation sites (tertiary alicyclic amines) is 1. The van der Waals surface area contributed by atoms with Crippen LogP contribution in [-0.4, -0.2) is 34.6 Å². The number of rotatable bonds is 1. The average Bonchev–Trinajstić information content (AvgIpc) is 2.31. The summed E-state index contributed by atoms with van der Waals surface area (Å²) in [6.07, 6.45) is 1.44. The topological polar surface area (TPSA) is 66.6 Å². The Kier molecular flexibility index (Phi) is 3.95. The fraction of sp³-hybridized carbons (Fsp3) is 0.462. The third-order valence-corrected chi connectivity index (χ3v) is 4.05. The Morgan fingerprint density at radius 2 is 2.16 bits per heavy atom. The zero-order chi connectivity index (χ0) is 14.2. The van der Waals surface area contributed by atoms with Crippen LogP contribution < -0.4 is 5.73 Å². The third-order valence-electron chi connectivity index (χ3n) is 3.24. The van der Waals surface area contributed by atoms with Gasteiger partial charge >= 0.3 is 0 Å². The number of halogens is 2. The van der Waals surface area contributed by atoms with Crippen molar-refractivity contribution in [2.75, 3.05) is 18.8 Å². The van der Waals surface area contributed by atoms with Gasteiger partial charge in [0.2, 0.25) is 0 Å². The monoisotopic (exact) mass is 302 g/mol. The first kappa shape index (κ1) is 14.4. The van der Waals surface area contributed by atoms with E-state index < -0.39 is 5.60 Å². The minimum Gasteiger partial charge on any atom is -0.399 e. The summed E-state index contributed by atoms with van der Waals surface area (Å²) in [5.74, 6) is -0.251. The molecule has 1 amide bonds. The molecule has 1 saturated heterocycles. The number of nitrogens with zero attached hydrogens (tertiary/aromatic N) is 1. The van der Waals surface area contributed by atoms with Gasteiger partial charge in [-0.2, -0.15) is 0 Å². The number of anilines is 1. The van der Waals surface area contributed by atoms with Gasteiger partial charge in [-0.15, -0.1) is 0 Å². The Labute approximate surface area is 122 Å². The number of carbonyl (C=O) groups is 1. The molecule has 0 aliphatic carbocycles. The molecule has 6 heteroatoms. The van der Waals surface area contributed by atoms with Crippen molar-refractivity contribution in [3.05, 3.63) is 27.7 Å². The number of aliphatic hydroxyl groups is 1. The zero-order valence-corrected chi connectivity index (χ0v) is 12.1. The average molecular weight is 303 g/mol. The predicted molar refractivity (Wildman–Crippen MR) is 76.6 cm³/mol. The van der Waals surface area contributed by atoms with Crippen molar-refractivity contribution in [1.29, 1.82) is 0 Å². The van der Waals surface area contributed by atoms with Gasteiger partial charge in [-0.25, -0.2) is 0 Å². The lowest BCUT2D eigenvalue weighted by molar-refractivity contribution is -0.0107. The molecular formula is C13H16Cl2N2O2. The summed E-state index contributed by atoms with van der Waals surface area (Å²) in [6.45, 7) is 2.60. The largest absolute Gasteiger partial charge is 0.399 e. The number of hydrogen-bond acceptors (Lipinski definition) is 3. The van der Waals surface area contributed by atoms with E-state index in [9.17, 15) is 9.90 Å². The number of β-amino-alcohol motifs (C(OH)–C–C–N with tert-alkyl or cyclic N) is 1. The van der Waals surface area contributed by atoms with Gasteiger partial charge in [0.25, 0.3) is 5.91 Å². The molecule has 1 aromatic carbocycles. The van der Waals surface area contributed by atoms with Gasteiger partial charge in [0.05, 0.1) is 21.2 Å². The van der Waals surface area contributed by atoms with Crippen LogP contribution in [-0.2, 0) is 0 Å². The van der Waals surface area contributed by atoms with Crippen molar-refractivity contribution in [2.24, 2.45) is 0 Å². The van der Waals surface area contributed by atoms with Crippen LogP contribution in [0.25, 0.3) is 0 Å². The van der Waals surface area contributed by atoms with Gasteiger partial charge in [0.15, 0.2) is 0 Å². The highest BCUT2D eigenvalue weighted by Gasteiger charge is 2.32. The molecular weight excluding hydrogens is 287 g/mol. The number of benzene rings is 1. The summed E-state index contributed by atoms with van der Waals surface area (Å²) in [6, 6.07) is 3.02. The van der Waals surface area contributed by atoms with Crippen LogP contribution in [0.15, 0.2) is 12.1 Å². The van der Waals surface area contributed by atoms with E-state index in [4.69, 9.17) is 28.9 Å². The van der Waals surface area contributed by atoms with E-state index in [0.29, 0.717) is 18.7 Å². The molecule has 1 unspecified atom stereocenters. The first-order chi connectivity index (χ1) is 8.80. The molecule has 2 rings (SSSR count). The van der Waals surface area contributed by atoms with Crippen molar-refractivity contribution in [3.63, 3.8) is 0 Å². The SMILES string of the molecule is CC1(O)CCCN(C(=O)c2cc(N)cc(Cl)c2Cl)C1. The highest BCUT2D eigenvalue weighted by molar-refractivity contribution is 6.44. The third kappa shape index (κ3) is 3.14. The molecule has 19 heavy (non-hydrogen) atoms. The summed E-state index contributed by atoms with van der Waals surface area (Å²) in [5.41, 5.74) is 5.50. The minimum atomic E-state index is -0.857. The van der Waals surface area contributed by atoms with Crippen molar-refractivity contribution >= 4 is 34.8 Å². The second kappa shape index (κ2) is 5.19. The molecule has 1 aromatic rings. The van der Waals surface area contributed by atoms with Crippen LogP contribution in [0.1, 0.15) is 30.1 Å². The molecule has 1 atom stereocenters.